The summed E-state index contributed by atoms with van der Waals surface area (Å²) in [6.45, 7) is 24.4. The molecule has 0 aliphatic rings. The van der Waals surface area contributed by atoms with E-state index in [9.17, 15) is 0 Å². The molecular formula is C20H39BN2Si. The molecule has 0 atom stereocenters. The van der Waals surface area contributed by atoms with Crippen molar-refractivity contribution < 1.29 is 0 Å². The fourth-order valence-corrected chi connectivity index (χ4v) is 8.27. The predicted molar refractivity (Wildman–Crippen MR) is 114 cm³/mol. The van der Waals surface area contributed by atoms with Crippen LogP contribution in [0.4, 0.5) is 0 Å². The van der Waals surface area contributed by atoms with Crippen LogP contribution < -0.4 is 5.19 Å². The topological polar surface area (TPSA) is 6.48 Å². The molecule has 136 valence electrons. The molecular weight excluding hydrogens is 307 g/mol. The molecule has 1 aromatic rings. The number of hydrogen-bond acceptors (Lipinski definition) is 2. The molecule has 2 nitrogen and oxygen atoms in total. The van der Waals surface area contributed by atoms with Gasteiger partial charge in [-0.25, -0.2) is 0 Å². The average molecular weight is 346 g/mol. The number of rotatable bonds is 8. The van der Waals surface area contributed by atoms with E-state index in [0.717, 1.165) is 0 Å². The molecule has 0 spiro atoms. The summed E-state index contributed by atoms with van der Waals surface area (Å²) in [6, 6.07) is 13.4. The van der Waals surface area contributed by atoms with Crippen LogP contribution in [0.1, 0.15) is 55.4 Å². The lowest BCUT2D eigenvalue weighted by Gasteiger charge is -2.51. The normalized spacial score (nSPS) is 13.2. The SMILES string of the molecule is CC(C)N(B(N(C(C)C)C(C)C)[Si](C)(C)c1ccccc1)C(C)C. The number of benzene rings is 1. The van der Waals surface area contributed by atoms with E-state index in [-0.39, 0.29) is 0 Å². The van der Waals surface area contributed by atoms with E-state index in [1.807, 2.05) is 0 Å². The van der Waals surface area contributed by atoms with E-state index in [2.05, 4.69) is 108 Å². The van der Waals surface area contributed by atoms with E-state index in [1.54, 1.807) is 5.19 Å². The summed E-state index contributed by atoms with van der Waals surface area (Å²) in [5.41, 5.74) is 0. The van der Waals surface area contributed by atoms with Gasteiger partial charge in [0.2, 0.25) is 0 Å². The Labute approximate surface area is 152 Å². The molecule has 4 heteroatoms. The molecule has 0 aliphatic heterocycles. The van der Waals surface area contributed by atoms with Crippen LogP contribution in [0.2, 0.25) is 13.1 Å². The minimum absolute atomic E-state index is 0.486. The van der Waals surface area contributed by atoms with Crippen molar-refractivity contribution in [3.63, 3.8) is 0 Å². The fraction of sp³-hybridized carbons (Fsp3) is 0.700. The summed E-state index contributed by atoms with van der Waals surface area (Å²) in [4.78, 5) is 5.50. The Bertz CT molecular complexity index is 450. The first kappa shape index (κ1) is 21.5. The van der Waals surface area contributed by atoms with Crippen LogP contribution in [0.5, 0.6) is 0 Å². The first-order valence-corrected chi connectivity index (χ1v) is 12.7. The number of nitrogens with zero attached hydrogens (tertiary/aromatic N) is 2. The largest absolute Gasteiger partial charge is 0.326 e. The lowest BCUT2D eigenvalue weighted by Crippen LogP contribution is -2.75. The second-order valence-electron chi connectivity index (χ2n) is 8.73. The fourth-order valence-electron chi connectivity index (χ4n) is 4.24. The van der Waals surface area contributed by atoms with Crippen molar-refractivity contribution in [3.8, 4) is 0 Å². The first-order valence-electron chi connectivity index (χ1n) is 9.62. The molecule has 0 radical (unpaired) electrons. The Morgan fingerprint density at radius 2 is 1.00 bits per heavy atom. The van der Waals surface area contributed by atoms with Crippen molar-refractivity contribution in [2.45, 2.75) is 92.7 Å². The third-order valence-corrected chi connectivity index (χ3v) is 8.82. The quantitative estimate of drug-likeness (QED) is 0.644. The van der Waals surface area contributed by atoms with Gasteiger partial charge in [0.05, 0.1) is 7.94 Å². The Balaban J connectivity index is 3.52. The van der Waals surface area contributed by atoms with Gasteiger partial charge in [-0.15, -0.1) is 0 Å². The Kier molecular flexibility index (Phi) is 7.77. The molecule has 0 saturated carbocycles. The lowest BCUT2D eigenvalue weighted by molar-refractivity contribution is 0.231. The van der Waals surface area contributed by atoms with Gasteiger partial charge >= 0.3 is 6.57 Å². The predicted octanol–water partition coefficient (Wildman–Crippen LogP) is 4.41. The van der Waals surface area contributed by atoms with Gasteiger partial charge in [-0.05, 0) is 24.2 Å². The van der Waals surface area contributed by atoms with Crippen molar-refractivity contribution in [2.75, 3.05) is 0 Å². The zero-order valence-corrected chi connectivity index (χ0v) is 18.7. The standard InChI is InChI=1S/C20H39BN2Si/c1-16(2)22(17(3)4)21(23(18(5)6)19(7)8)24(9,10)20-14-12-11-13-15-20/h11-19H,1-10H3. The molecule has 0 N–H and O–H groups in total. The zero-order chi connectivity index (χ0) is 18.7. The molecule has 1 aromatic carbocycles. The maximum atomic E-state index is 2.75. The highest BCUT2D eigenvalue weighted by Crippen LogP contribution is 2.24. The van der Waals surface area contributed by atoms with Gasteiger partial charge in [-0.2, -0.15) is 0 Å². The molecule has 0 unspecified atom stereocenters. The van der Waals surface area contributed by atoms with E-state index in [0.29, 0.717) is 30.7 Å². The smallest absolute Gasteiger partial charge is 0.301 e. The summed E-state index contributed by atoms with van der Waals surface area (Å²) in [5, 5.41) is 1.55. The van der Waals surface area contributed by atoms with E-state index >= 15 is 0 Å². The molecule has 0 aliphatic carbocycles. The number of hydrogen-bond donors (Lipinski definition) is 0. The van der Waals surface area contributed by atoms with Crippen LogP contribution >= 0.6 is 0 Å². The highest BCUT2D eigenvalue weighted by molar-refractivity contribution is 7.36. The van der Waals surface area contributed by atoms with E-state index < -0.39 is 7.94 Å². The Morgan fingerprint density at radius 3 is 1.29 bits per heavy atom. The zero-order valence-electron chi connectivity index (χ0n) is 17.7. The van der Waals surface area contributed by atoms with Gasteiger partial charge in [-0.1, -0.05) is 104 Å². The summed E-state index contributed by atoms with van der Waals surface area (Å²) < 4.78 is 0. The van der Waals surface area contributed by atoms with Gasteiger partial charge < -0.3 is 9.62 Å². The highest BCUT2D eigenvalue weighted by atomic mass is 28.3. The van der Waals surface area contributed by atoms with Crippen molar-refractivity contribution in [1.29, 1.82) is 0 Å². The minimum atomic E-state index is -1.73. The van der Waals surface area contributed by atoms with Gasteiger partial charge in [0.15, 0.2) is 0 Å². The van der Waals surface area contributed by atoms with Gasteiger partial charge in [0.1, 0.15) is 0 Å². The van der Waals surface area contributed by atoms with Crippen molar-refractivity contribution in [3.05, 3.63) is 30.3 Å². The van der Waals surface area contributed by atoms with Crippen LogP contribution in [-0.2, 0) is 0 Å². The van der Waals surface area contributed by atoms with Gasteiger partial charge in [0, 0.05) is 0 Å². The third-order valence-electron chi connectivity index (χ3n) is 5.11. The summed E-state index contributed by atoms with van der Waals surface area (Å²) in [6.07, 6.45) is 0. The second kappa shape index (κ2) is 8.68. The molecule has 0 heterocycles. The molecule has 0 bridgehead atoms. The minimum Gasteiger partial charge on any atom is -0.326 e. The molecule has 1 rings (SSSR count). The monoisotopic (exact) mass is 346 g/mol. The molecule has 0 amide bonds. The van der Waals surface area contributed by atoms with Crippen LogP contribution in [0.15, 0.2) is 30.3 Å². The van der Waals surface area contributed by atoms with Crippen LogP contribution in [0, 0.1) is 0 Å². The Hall–Kier alpha value is -0.578. The van der Waals surface area contributed by atoms with Gasteiger partial charge in [0.25, 0.3) is 0 Å². The highest BCUT2D eigenvalue weighted by Gasteiger charge is 2.48. The molecule has 0 saturated heterocycles. The van der Waals surface area contributed by atoms with E-state index in [4.69, 9.17) is 0 Å². The molecule has 0 aromatic heterocycles. The van der Waals surface area contributed by atoms with Gasteiger partial charge in [-0.3, -0.25) is 0 Å². The van der Waals surface area contributed by atoms with Crippen molar-refractivity contribution in [1.82, 2.24) is 9.62 Å². The summed E-state index contributed by atoms with van der Waals surface area (Å²) in [5.74, 6) is 0. The van der Waals surface area contributed by atoms with Crippen LogP contribution in [0.3, 0.4) is 0 Å². The molecule has 24 heavy (non-hydrogen) atoms. The summed E-state index contributed by atoms with van der Waals surface area (Å²) in [7, 11) is -1.73. The van der Waals surface area contributed by atoms with Crippen molar-refractivity contribution in [2.24, 2.45) is 0 Å². The third kappa shape index (κ3) is 4.74. The van der Waals surface area contributed by atoms with Crippen molar-refractivity contribution >= 4 is 19.7 Å². The molecule has 0 fully saturated rings. The average Bonchev–Trinajstić information content (AvgIpc) is 2.45. The first-order chi connectivity index (χ1) is 11.0. The maximum Gasteiger partial charge on any atom is 0.301 e. The second-order valence-corrected chi connectivity index (χ2v) is 13.3. The summed E-state index contributed by atoms with van der Waals surface area (Å²) >= 11 is 0. The lowest BCUT2D eigenvalue weighted by atomic mass is 9.91. The van der Waals surface area contributed by atoms with Crippen LogP contribution in [0.25, 0.3) is 0 Å². The Morgan fingerprint density at radius 1 is 0.667 bits per heavy atom. The van der Waals surface area contributed by atoms with E-state index in [1.165, 1.54) is 0 Å². The van der Waals surface area contributed by atoms with Crippen LogP contribution in [-0.4, -0.2) is 48.3 Å². The maximum absolute atomic E-state index is 2.75.